The number of nitrogens with one attached hydrogen (secondary N) is 1. The summed E-state index contributed by atoms with van der Waals surface area (Å²) < 4.78 is 34.3. The van der Waals surface area contributed by atoms with Crippen molar-refractivity contribution in [1.29, 1.82) is 0 Å². The van der Waals surface area contributed by atoms with Gasteiger partial charge in [0, 0.05) is 34.0 Å². The van der Waals surface area contributed by atoms with E-state index in [-0.39, 0.29) is 6.54 Å². The molecule has 0 aliphatic heterocycles. The smallest absolute Gasteiger partial charge is 0.245 e. The molecule has 1 aromatic heterocycles. The van der Waals surface area contributed by atoms with Crippen molar-refractivity contribution in [3.8, 4) is 5.75 Å². The number of anilines is 2. The van der Waals surface area contributed by atoms with Crippen molar-refractivity contribution in [2.45, 2.75) is 20.1 Å². The van der Waals surface area contributed by atoms with Gasteiger partial charge in [-0.2, -0.15) is 0 Å². The minimum absolute atomic E-state index is 0.349. The number of aryl methyl sites for hydroxylation is 1. The van der Waals surface area contributed by atoms with Crippen LogP contribution < -0.4 is 14.4 Å². The molecule has 0 fully saturated rings. The lowest BCUT2D eigenvalue weighted by molar-refractivity contribution is -0.114. The van der Waals surface area contributed by atoms with Crippen molar-refractivity contribution < 1.29 is 17.9 Å². The van der Waals surface area contributed by atoms with Gasteiger partial charge in [-0.3, -0.25) is 9.10 Å². The summed E-state index contributed by atoms with van der Waals surface area (Å²) in [5, 5.41) is 5.01. The molecule has 194 valence electrons. The van der Waals surface area contributed by atoms with E-state index in [1.165, 1.54) is 0 Å². The molecule has 38 heavy (non-hydrogen) atoms. The SMILES string of the molecule is CCn1c2ccccc2c2cc(NC(=O)CN(c3ccc(OCc4ccccc4)cc3)S(C)(=O)=O)ccc21. The average molecular weight is 528 g/mol. The fourth-order valence-electron chi connectivity index (χ4n) is 4.65. The number of rotatable bonds is 9. The zero-order valence-electron chi connectivity index (χ0n) is 21.3. The molecule has 0 unspecified atom stereocenters. The largest absolute Gasteiger partial charge is 0.489 e. The van der Waals surface area contributed by atoms with Gasteiger partial charge in [0.05, 0.1) is 11.9 Å². The fraction of sp³-hybridized carbons (Fsp3) is 0.167. The molecule has 0 aliphatic rings. The van der Waals surface area contributed by atoms with Crippen molar-refractivity contribution >= 4 is 49.1 Å². The average Bonchev–Trinajstić information content (AvgIpc) is 3.24. The van der Waals surface area contributed by atoms with E-state index < -0.39 is 15.9 Å². The molecule has 0 saturated heterocycles. The van der Waals surface area contributed by atoms with Crippen LogP contribution in [0.1, 0.15) is 12.5 Å². The van der Waals surface area contributed by atoms with E-state index in [4.69, 9.17) is 4.74 Å². The molecule has 0 saturated carbocycles. The predicted octanol–water partition coefficient (Wildman–Crippen LogP) is 5.80. The van der Waals surface area contributed by atoms with Gasteiger partial charge in [0.25, 0.3) is 0 Å². The molecule has 5 rings (SSSR count). The molecule has 0 aliphatic carbocycles. The van der Waals surface area contributed by atoms with Crippen LogP contribution in [0.2, 0.25) is 0 Å². The van der Waals surface area contributed by atoms with Gasteiger partial charge in [-0.15, -0.1) is 0 Å². The molecule has 0 spiro atoms. The maximum Gasteiger partial charge on any atom is 0.245 e. The highest BCUT2D eigenvalue weighted by Crippen LogP contribution is 2.31. The monoisotopic (exact) mass is 527 g/mol. The van der Waals surface area contributed by atoms with E-state index in [1.807, 2.05) is 60.7 Å². The van der Waals surface area contributed by atoms with Crippen molar-refractivity contribution in [2.24, 2.45) is 0 Å². The number of carbonyl (C=O) groups is 1. The van der Waals surface area contributed by atoms with Crippen LogP contribution >= 0.6 is 0 Å². The molecule has 1 amide bonds. The van der Waals surface area contributed by atoms with E-state index in [1.54, 1.807) is 24.3 Å². The molecule has 5 aromatic rings. The highest BCUT2D eigenvalue weighted by atomic mass is 32.2. The number of hydrogen-bond acceptors (Lipinski definition) is 4. The van der Waals surface area contributed by atoms with Crippen LogP contribution in [0.15, 0.2) is 97.1 Å². The minimum Gasteiger partial charge on any atom is -0.489 e. The zero-order valence-corrected chi connectivity index (χ0v) is 22.1. The second kappa shape index (κ2) is 10.6. The first-order valence-electron chi connectivity index (χ1n) is 12.4. The molecule has 4 aromatic carbocycles. The lowest BCUT2D eigenvalue weighted by Gasteiger charge is -2.22. The first-order chi connectivity index (χ1) is 18.3. The zero-order chi connectivity index (χ0) is 26.7. The second-order valence-electron chi connectivity index (χ2n) is 9.08. The molecule has 0 atom stereocenters. The van der Waals surface area contributed by atoms with Gasteiger partial charge in [-0.1, -0.05) is 48.5 Å². The number of hydrogen-bond donors (Lipinski definition) is 1. The summed E-state index contributed by atoms with van der Waals surface area (Å²) in [5.41, 5.74) is 4.24. The Labute approximate surface area is 222 Å². The second-order valence-corrected chi connectivity index (χ2v) is 11.0. The Bertz CT molecular complexity index is 1690. The Hall–Kier alpha value is -4.30. The van der Waals surface area contributed by atoms with Crippen LogP contribution in [-0.4, -0.2) is 31.7 Å². The van der Waals surface area contributed by atoms with Crippen molar-refractivity contribution in [3.05, 3.63) is 103 Å². The third-order valence-electron chi connectivity index (χ3n) is 6.43. The number of amides is 1. The summed E-state index contributed by atoms with van der Waals surface area (Å²) in [5.74, 6) is 0.174. The Kier molecular flexibility index (Phi) is 7.07. The molecular formula is C30H29N3O4S. The van der Waals surface area contributed by atoms with E-state index in [9.17, 15) is 13.2 Å². The lowest BCUT2D eigenvalue weighted by atomic mass is 10.1. The summed E-state index contributed by atoms with van der Waals surface area (Å²) in [6, 6.07) is 30.4. The van der Waals surface area contributed by atoms with Gasteiger partial charge < -0.3 is 14.6 Å². The lowest BCUT2D eigenvalue weighted by Crippen LogP contribution is -2.37. The van der Waals surface area contributed by atoms with Crippen LogP contribution in [0.25, 0.3) is 21.8 Å². The standard InChI is InChI=1S/C30H29N3O4S/c1-3-32-28-12-8-7-11-26(28)27-19-23(13-18-29(27)32)31-30(34)20-33(38(2,35)36)24-14-16-25(17-15-24)37-21-22-9-5-4-6-10-22/h4-19H,3,20-21H2,1-2H3,(H,31,34). The van der Waals surface area contributed by atoms with E-state index in [2.05, 4.69) is 28.9 Å². The van der Waals surface area contributed by atoms with Gasteiger partial charge in [0.1, 0.15) is 18.9 Å². The van der Waals surface area contributed by atoms with Gasteiger partial charge in [-0.25, -0.2) is 8.42 Å². The molecular weight excluding hydrogens is 498 g/mol. The molecule has 1 N–H and O–H groups in total. The van der Waals surface area contributed by atoms with Crippen molar-refractivity contribution in [3.63, 3.8) is 0 Å². The first-order valence-corrected chi connectivity index (χ1v) is 14.2. The number of benzene rings is 4. The summed E-state index contributed by atoms with van der Waals surface area (Å²) in [7, 11) is -3.71. The molecule has 8 heteroatoms. The number of nitrogens with zero attached hydrogens (tertiary/aromatic N) is 2. The van der Waals surface area contributed by atoms with Crippen LogP contribution in [0, 0.1) is 0 Å². The first kappa shape index (κ1) is 25.4. The number of sulfonamides is 1. The Balaban J connectivity index is 1.32. The van der Waals surface area contributed by atoms with Gasteiger partial charge >= 0.3 is 0 Å². The highest BCUT2D eigenvalue weighted by molar-refractivity contribution is 7.92. The maximum atomic E-state index is 13.0. The van der Waals surface area contributed by atoms with Crippen LogP contribution in [-0.2, 0) is 28.0 Å². The van der Waals surface area contributed by atoms with Gasteiger partial charge in [-0.05, 0) is 61.0 Å². The normalized spacial score (nSPS) is 11.5. The van der Waals surface area contributed by atoms with Crippen molar-refractivity contribution in [1.82, 2.24) is 4.57 Å². The summed E-state index contributed by atoms with van der Waals surface area (Å²) in [6.07, 6.45) is 1.09. The number of aromatic nitrogens is 1. The Morgan fingerprint density at radius 2 is 1.55 bits per heavy atom. The van der Waals surface area contributed by atoms with Crippen LogP contribution in [0.3, 0.4) is 0 Å². The minimum atomic E-state index is -3.71. The number of para-hydroxylation sites is 1. The molecule has 7 nitrogen and oxygen atoms in total. The van der Waals surface area contributed by atoms with Crippen molar-refractivity contribution in [2.75, 3.05) is 22.4 Å². The number of carbonyl (C=O) groups excluding carboxylic acids is 1. The molecule has 0 radical (unpaired) electrons. The Morgan fingerprint density at radius 3 is 2.26 bits per heavy atom. The topological polar surface area (TPSA) is 80.6 Å². The quantitative estimate of drug-likeness (QED) is 0.263. The predicted molar refractivity (Wildman–Crippen MR) is 153 cm³/mol. The van der Waals surface area contributed by atoms with Crippen LogP contribution in [0.4, 0.5) is 11.4 Å². The summed E-state index contributed by atoms with van der Waals surface area (Å²) >= 11 is 0. The van der Waals surface area contributed by atoms with E-state index in [0.29, 0.717) is 23.7 Å². The fourth-order valence-corrected chi connectivity index (χ4v) is 5.51. The number of ether oxygens (including phenoxy) is 1. The Morgan fingerprint density at radius 1 is 0.868 bits per heavy atom. The van der Waals surface area contributed by atoms with E-state index >= 15 is 0 Å². The van der Waals surface area contributed by atoms with Crippen LogP contribution in [0.5, 0.6) is 5.75 Å². The summed E-state index contributed by atoms with van der Waals surface area (Å²) in [6.45, 7) is 2.98. The van der Waals surface area contributed by atoms with Gasteiger partial charge in [0.15, 0.2) is 0 Å². The third kappa shape index (κ3) is 5.35. The maximum absolute atomic E-state index is 13.0. The van der Waals surface area contributed by atoms with Gasteiger partial charge in [0.2, 0.25) is 15.9 Å². The summed E-state index contributed by atoms with van der Waals surface area (Å²) in [4.78, 5) is 13.0. The third-order valence-corrected chi connectivity index (χ3v) is 7.57. The number of fused-ring (bicyclic) bond motifs is 3. The highest BCUT2D eigenvalue weighted by Gasteiger charge is 2.21. The van der Waals surface area contributed by atoms with E-state index in [0.717, 1.165) is 44.5 Å². The molecule has 1 heterocycles. The molecule has 0 bridgehead atoms.